The van der Waals surface area contributed by atoms with Gasteiger partial charge in [-0.2, -0.15) is 0 Å². The Morgan fingerprint density at radius 3 is 2.81 bits per heavy atom. The van der Waals surface area contributed by atoms with Crippen LogP contribution in [0.4, 0.5) is 5.88 Å². The number of fused-ring (bicyclic) bond motifs is 1. The van der Waals surface area contributed by atoms with Crippen LogP contribution < -0.4 is 5.73 Å². The van der Waals surface area contributed by atoms with Gasteiger partial charge in [-0.15, -0.1) is 0 Å². The highest BCUT2D eigenvalue weighted by Gasteiger charge is 2.07. The van der Waals surface area contributed by atoms with E-state index in [-0.39, 0.29) is 0 Å². The number of anilines is 1. The Kier molecular flexibility index (Phi) is 1.86. The summed E-state index contributed by atoms with van der Waals surface area (Å²) < 4.78 is 4.84. The molecule has 2 heterocycles. The highest BCUT2D eigenvalue weighted by atomic mass is 16.5. The minimum absolute atomic E-state index is 0.336. The summed E-state index contributed by atoms with van der Waals surface area (Å²) in [7, 11) is 0. The lowest BCUT2D eigenvalue weighted by molar-refractivity contribution is 0.436. The van der Waals surface area contributed by atoms with Gasteiger partial charge in [0.1, 0.15) is 0 Å². The number of hydrogen-bond acceptors (Lipinski definition) is 4. The zero-order valence-corrected chi connectivity index (χ0v) is 8.42. The van der Waals surface area contributed by atoms with Gasteiger partial charge in [-0.1, -0.05) is 17.3 Å². The van der Waals surface area contributed by atoms with Gasteiger partial charge in [-0.3, -0.25) is 4.98 Å². The number of nitrogens with two attached hydrogens (primary N) is 1. The van der Waals surface area contributed by atoms with Gasteiger partial charge in [0.2, 0.25) is 5.88 Å². The van der Waals surface area contributed by atoms with Crippen LogP contribution in [0.3, 0.4) is 0 Å². The lowest BCUT2D eigenvalue weighted by atomic mass is 10.0. The molecular weight excluding hydrogens is 202 g/mol. The topological polar surface area (TPSA) is 64.9 Å². The molecule has 3 aromatic rings. The van der Waals surface area contributed by atoms with Gasteiger partial charge in [0.15, 0.2) is 0 Å². The van der Waals surface area contributed by atoms with E-state index in [0.717, 1.165) is 21.9 Å². The van der Waals surface area contributed by atoms with Gasteiger partial charge in [0.05, 0.1) is 11.8 Å². The second-order valence-corrected chi connectivity index (χ2v) is 3.54. The molecule has 2 aromatic heterocycles. The maximum atomic E-state index is 5.67. The first-order valence-corrected chi connectivity index (χ1v) is 4.89. The average Bonchev–Trinajstić information content (AvgIpc) is 2.75. The molecule has 0 saturated heterocycles. The lowest BCUT2D eigenvalue weighted by Gasteiger charge is -2.00. The SMILES string of the molecule is Nc1oncc1-c1ccc2ccncc2c1. The molecule has 2 N–H and O–H groups in total. The second kappa shape index (κ2) is 3.34. The van der Waals surface area contributed by atoms with Crippen LogP contribution in [0.15, 0.2) is 47.4 Å². The molecule has 0 bridgehead atoms. The van der Waals surface area contributed by atoms with Crippen molar-refractivity contribution in [1.29, 1.82) is 0 Å². The first kappa shape index (κ1) is 8.91. The highest BCUT2D eigenvalue weighted by molar-refractivity contribution is 5.87. The maximum absolute atomic E-state index is 5.67. The van der Waals surface area contributed by atoms with E-state index >= 15 is 0 Å². The predicted octanol–water partition coefficient (Wildman–Crippen LogP) is 2.47. The summed E-state index contributed by atoms with van der Waals surface area (Å²) in [6, 6.07) is 8.01. The molecule has 0 aliphatic heterocycles. The molecule has 0 amide bonds. The summed E-state index contributed by atoms with van der Waals surface area (Å²) in [5.41, 5.74) is 7.47. The standard InChI is InChI=1S/C12H9N3O/c13-12-11(7-15-16-12)9-2-1-8-3-4-14-6-10(8)5-9/h1-7H,13H2. The molecule has 3 rings (SSSR count). The molecule has 0 unspecified atom stereocenters. The number of aromatic nitrogens is 2. The van der Waals surface area contributed by atoms with E-state index in [4.69, 9.17) is 10.3 Å². The lowest BCUT2D eigenvalue weighted by Crippen LogP contribution is -1.85. The summed E-state index contributed by atoms with van der Waals surface area (Å²) in [6.45, 7) is 0. The fourth-order valence-corrected chi connectivity index (χ4v) is 1.72. The highest BCUT2D eigenvalue weighted by Crippen LogP contribution is 2.27. The maximum Gasteiger partial charge on any atom is 0.229 e. The Bertz CT molecular complexity index is 645. The van der Waals surface area contributed by atoms with Gasteiger partial charge in [0.25, 0.3) is 0 Å². The van der Waals surface area contributed by atoms with E-state index < -0.39 is 0 Å². The molecule has 4 heteroatoms. The quantitative estimate of drug-likeness (QED) is 0.671. The second-order valence-electron chi connectivity index (χ2n) is 3.54. The number of hydrogen-bond donors (Lipinski definition) is 1. The fourth-order valence-electron chi connectivity index (χ4n) is 1.72. The van der Waals surface area contributed by atoms with Gasteiger partial charge in [-0.25, -0.2) is 0 Å². The molecule has 0 aliphatic rings. The van der Waals surface area contributed by atoms with Crippen LogP contribution in [0.5, 0.6) is 0 Å². The van der Waals surface area contributed by atoms with Crippen LogP contribution in [0.25, 0.3) is 21.9 Å². The molecule has 0 aliphatic carbocycles. The molecule has 4 nitrogen and oxygen atoms in total. The van der Waals surface area contributed by atoms with Crippen LogP contribution in [0, 0.1) is 0 Å². The Labute approximate surface area is 91.7 Å². The van der Waals surface area contributed by atoms with Crippen molar-refractivity contribution < 1.29 is 4.52 Å². The van der Waals surface area contributed by atoms with E-state index in [1.807, 2.05) is 30.5 Å². The Hall–Kier alpha value is -2.36. The normalized spacial score (nSPS) is 10.8. The van der Waals surface area contributed by atoms with Crippen LogP contribution in [-0.2, 0) is 0 Å². The Balaban J connectivity index is 2.23. The Morgan fingerprint density at radius 2 is 2.00 bits per heavy atom. The van der Waals surface area contributed by atoms with Crippen molar-refractivity contribution in [2.75, 3.05) is 5.73 Å². The van der Waals surface area contributed by atoms with Gasteiger partial charge in [0, 0.05) is 17.8 Å². The molecule has 0 fully saturated rings. The minimum Gasteiger partial charge on any atom is -0.367 e. The summed E-state index contributed by atoms with van der Waals surface area (Å²) in [6.07, 6.45) is 5.21. The molecule has 16 heavy (non-hydrogen) atoms. The molecule has 1 aromatic carbocycles. The van der Waals surface area contributed by atoms with Crippen molar-refractivity contribution in [3.05, 3.63) is 42.9 Å². The van der Waals surface area contributed by atoms with Gasteiger partial charge < -0.3 is 10.3 Å². The van der Waals surface area contributed by atoms with E-state index in [1.165, 1.54) is 0 Å². The summed E-state index contributed by atoms with van der Waals surface area (Å²) >= 11 is 0. The third kappa shape index (κ3) is 1.32. The summed E-state index contributed by atoms with van der Waals surface area (Å²) in [5.74, 6) is 0.336. The zero-order chi connectivity index (χ0) is 11.0. The van der Waals surface area contributed by atoms with Gasteiger partial charge in [-0.05, 0) is 23.1 Å². The summed E-state index contributed by atoms with van der Waals surface area (Å²) in [4.78, 5) is 4.09. The van der Waals surface area contributed by atoms with E-state index in [0.29, 0.717) is 5.88 Å². The third-order valence-electron chi connectivity index (χ3n) is 2.55. The van der Waals surface area contributed by atoms with Crippen LogP contribution in [0.1, 0.15) is 0 Å². The van der Waals surface area contributed by atoms with Gasteiger partial charge >= 0.3 is 0 Å². The number of rotatable bonds is 1. The number of benzene rings is 1. The number of nitrogen functional groups attached to an aromatic ring is 1. The smallest absolute Gasteiger partial charge is 0.229 e. The molecule has 0 spiro atoms. The first-order chi connectivity index (χ1) is 7.84. The fraction of sp³-hybridized carbons (Fsp3) is 0. The van der Waals surface area contributed by atoms with Crippen LogP contribution in [-0.4, -0.2) is 10.1 Å². The van der Waals surface area contributed by atoms with E-state index in [9.17, 15) is 0 Å². The van der Waals surface area contributed by atoms with Crippen molar-refractivity contribution in [3.63, 3.8) is 0 Å². The van der Waals surface area contributed by atoms with Crippen LogP contribution in [0.2, 0.25) is 0 Å². The molecular formula is C12H9N3O. The molecule has 78 valence electrons. The number of nitrogens with zero attached hydrogens (tertiary/aromatic N) is 2. The molecule has 0 radical (unpaired) electrons. The average molecular weight is 211 g/mol. The minimum atomic E-state index is 0.336. The van der Waals surface area contributed by atoms with E-state index in [1.54, 1.807) is 12.4 Å². The van der Waals surface area contributed by atoms with Crippen molar-refractivity contribution >= 4 is 16.7 Å². The third-order valence-corrected chi connectivity index (χ3v) is 2.55. The van der Waals surface area contributed by atoms with Crippen molar-refractivity contribution in [1.82, 2.24) is 10.1 Å². The Morgan fingerprint density at radius 1 is 1.06 bits per heavy atom. The van der Waals surface area contributed by atoms with Crippen LogP contribution >= 0.6 is 0 Å². The van der Waals surface area contributed by atoms with E-state index in [2.05, 4.69) is 10.1 Å². The van der Waals surface area contributed by atoms with Crippen molar-refractivity contribution in [2.24, 2.45) is 0 Å². The summed E-state index contributed by atoms with van der Waals surface area (Å²) in [5, 5.41) is 5.88. The monoisotopic (exact) mass is 211 g/mol. The largest absolute Gasteiger partial charge is 0.367 e. The van der Waals surface area contributed by atoms with Crippen molar-refractivity contribution in [3.8, 4) is 11.1 Å². The molecule has 0 atom stereocenters. The molecule has 0 saturated carbocycles. The number of pyridine rings is 1. The first-order valence-electron chi connectivity index (χ1n) is 4.89. The predicted molar refractivity (Wildman–Crippen MR) is 61.7 cm³/mol. The zero-order valence-electron chi connectivity index (χ0n) is 8.42. The van der Waals surface area contributed by atoms with Crippen molar-refractivity contribution in [2.45, 2.75) is 0 Å².